The molecule has 1 unspecified atom stereocenters. The van der Waals surface area contributed by atoms with E-state index in [2.05, 4.69) is 36.7 Å². The number of nitrogens with one attached hydrogen (secondary N) is 3. The SMILES string of the molecule is CC(=O)NC1(NC(C)=O)C[C@@H](c2ccccc2)[NH+](C)C[C@H]1C. The predicted molar refractivity (Wildman–Crippen MR) is 85.1 cm³/mol. The van der Waals surface area contributed by atoms with E-state index in [0.29, 0.717) is 6.42 Å². The van der Waals surface area contributed by atoms with E-state index in [-0.39, 0.29) is 23.8 Å². The van der Waals surface area contributed by atoms with E-state index in [1.807, 2.05) is 18.2 Å². The highest BCUT2D eigenvalue weighted by Crippen LogP contribution is 2.29. The number of quaternary nitrogens is 1. The lowest BCUT2D eigenvalue weighted by atomic mass is 9.80. The fourth-order valence-electron chi connectivity index (χ4n) is 3.59. The van der Waals surface area contributed by atoms with Crippen LogP contribution in [0.5, 0.6) is 0 Å². The summed E-state index contributed by atoms with van der Waals surface area (Å²) >= 11 is 0. The van der Waals surface area contributed by atoms with Gasteiger partial charge in [-0.15, -0.1) is 0 Å². The highest BCUT2D eigenvalue weighted by Gasteiger charge is 2.48. The summed E-state index contributed by atoms with van der Waals surface area (Å²) in [5.41, 5.74) is 0.546. The van der Waals surface area contributed by atoms with Gasteiger partial charge in [-0.2, -0.15) is 0 Å². The van der Waals surface area contributed by atoms with Crippen LogP contribution in [0.2, 0.25) is 0 Å². The molecule has 1 aliphatic heterocycles. The van der Waals surface area contributed by atoms with E-state index in [0.717, 1.165) is 6.54 Å². The van der Waals surface area contributed by atoms with Crippen LogP contribution in [0.25, 0.3) is 0 Å². The molecule has 3 N–H and O–H groups in total. The van der Waals surface area contributed by atoms with Crippen molar-refractivity contribution in [2.24, 2.45) is 5.92 Å². The Labute approximate surface area is 132 Å². The molecule has 1 saturated heterocycles. The zero-order chi connectivity index (χ0) is 16.3. The van der Waals surface area contributed by atoms with Crippen LogP contribution in [0.3, 0.4) is 0 Å². The molecule has 2 rings (SSSR count). The summed E-state index contributed by atoms with van der Waals surface area (Å²) in [5.74, 6) is -0.0841. The van der Waals surface area contributed by atoms with Gasteiger partial charge < -0.3 is 15.5 Å². The first-order valence-electron chi connectivity index (χ1n) is 7.79. The summed E-state index contributed by atoms with van der Waals surface area (Å²) in [6.07, 6.45) is 0.684. The molecule has 0 bridgehead atoms. The molecule has 1 aliphatic rings. The lowest BCUT2D eigenvalue weighted by molar-refractivity contribution is -0.923. The van der Waals surface area contributed by atoms with Crippen molar-refractivity contribution < 1.29 is 14.5 Å². The second-order valence-corrected chi connectivity index (χ2v) is 6.45. The van der Waals surface area contributed by atoms with E-state index in [4.69, 9.17) is 0 Å². The molecule has 1 aromatic rings. The quantitative estimate of drug-likeness (QED) is 0.701. The summed E-state index contributed by atoms with van der Waals surface area (Å²) in [4.78, 5) is 24.8. The highest BCUT2D eigenvalue weighted by atomic mass is 16.2. The number of likely N-dealkylation sites (tertiary alicyclic amines) is 1. The Balaban J connectivity index is 2.35. The summed E-state index contributed by atoms with van der Waals surface area (Å²) in [6.45, 7) is 5.95. The zero-order valence-electron chi connectivity index (χ0n) is 13.8. The van der Waals surface area contributed by atoms with E-state index in [1.54, 1.807) is 0 Å². The van der Waals surface area contributed by atoms with Gasteiger partial charge in [-0.25, -0.2) is 0 Å². The number of carbonyl (C=O) groups excluding carboxylic acids is 2. The van der Waals surface area contributed by atoms with Crippen LogP contribution in [0.4, 0.5) is 0 Å². The standard InChI is InChI=1S/C17H25N3O2/c1-12-11-20(4)16(15-8-6-5-7-9-15)10-17(12,18-13(2)21)19-14(3)22/h5-9,12,16H,10-11H2,1-4H3,(H,18,21)(H,19,22)/p+1/t12-,16+/m1/s1. The van der Waals surface area contributed by atoms with Crippen molar-refractivity contribution in [1.82, 2.24) is 10.6 Å². The molecule has 120 valence electrons. The van der Waals surface area contributed by atoms with Crippen molar-refractivity contribution in [3.05, 3.63) is 35.9 Å². The normalized spacial score (nSPS) is 27.0. The lowest BCUT2D eigenvalue weighted by Gasteiger charge is -2.48. The molecule has 3 atom stereocenters. The molecule has 2 amide bonds. The van der Waals surface area contributed by atoms with Crippen molar-refractivity contribution in [2.75, 3.05) is 13.6 Å². The minimum Gasteiger partial charge on any atom is -0.333 e. The maximum atomic E-state index is 11.7. The Kier molecular flexibility index (Phi) is 4.86. The van der Waals surface area contributed by atoms with Crippen LogP contribution in [-0.2, 0) is 9.59 Å². The summed E-state index contributed by atoms with van der Waals surface area (Å²) in [6, 6.07) is 10.5. The molecular weight excluding hydrogens is 278 g/mol. The van der Waals surface area contributed by atoms with Crippen LogP contribution >= 0.6 is 0 Å². The van der Waals surface area contributed by atoms with E-state index in [1.165, 1.54) is 24.3 Å². The molecule has 0 radical (unpaired) electrons. The van der Waals surface area contributed by atoms with Gasteiger partial charge in [0.1, 0.15) is 11.7 Å². The number of carbonyl (C=O) groups is 2. The number of benzene rings is 1. The molecule has 0 saturated carbocycles. The van der Waals surface area contributed by atoms with Crippen LogP contribution < -0.4 is 15.5 Å². The van der Waals surface area contributed by atoms with Gasteiger partial charge in [0, 0.05) is 31.7 Å². The minimum absolute atomic E-state index is 0.119. The largest absolute Gasteiger partial charge is 0.333 e. The van der Waals surface area contributed by atoms with Crippen LogP contribution in [0, 0.1) is 5.92 Å². The average molecular weight is 304 g/mol. The number of piperidine rings is 1. The molecule has 22 heavy (non-hydrogen) atoms. The lowest BCUT2D eigenvalue weighted by Crippen LogP contribution is -3.12. The summed E-state index contributed by atoms with van der Waals surface area (Å²) in [7, 11) is 2.17. The predicted octanol–water partition coefficient (Wildman–Crippen LogP) is 0.251. The second-order valence-electron chi connectivity index (χ2n) is 6.45. The molecule has 1 fully saturated rings. The van der Waals surface area contributed by atoms with Crippen molar-refractivity contribution in [2.45, 2.75) is 38.9 Å². The Morgan fingerprint density at radius 3 is 2.18 bits per heavy atom. The van der Waals surface area contributed by atoms with Gasteiger partial charge in [-0.3, -0.25) is 9.59 Å². The molecule has 0 aliphatic carbocycles. The fraction of sp³-hybridized carbons (Fsp3) is 0.529. The topological polar surface area (TPSA) is 62.6 Å². The number of rotatable bonds is 3. The number of amides is 2. The van der Waals surface area contributed by atoms with Gasteiger partial charge >= 0.3 is 0 Å². The van der Waals surface area contributed by atoms with E-state index < -0.39 is 5.66 Å². The monoisotopic (exact) mass is 304 g/mol. The van der Waals surface area contributed by atoms with E-state index in [9.17, 15) is 9.59 Å². The van der Waals surface area contributed by atoms with Crippen LogP contribution in [0.1, 0.15) is 38.8 Å². The van der Waals surface area contributed by atoms with Gasteiger partial charge in [0.25, 0.3) is 0 Å². The fourth-order valence-corrected chi connectivity index (χ4v) is 3.59. The smallest absolute Gasteiger partial charge is 0.218 e. The van der Waals surface area contributed by atoms with Crippen molar-refractivity contribution in [3.63, 3.8) is 0 Å². The first-order valence-corrected chi connectivity index (χ1v) is 7.79. The third-order valence-electron chi connectivity index (χ3n) is 4.59. The average Bonchev–Trinajstić information content (AvgIpc) is 2.42. The molecule has 0 aromatic heterocycles. The van der Waals surface area contributed by atoms with Gasteiger partial charge in [0.05, 0.1) is 13.6 Å². The van der Waals surface area contributed by atoms with Crippen molar-refractivity contribution in [3.8, 4) is 0 Å². The van der Waals surface area contributed by atoms with Gasteiger partial charge in [-0.1, -0.05) is 37.3 Å². The number of hydrogen-bond acceptors (Lipinski definition) is 2. The molecule has 0 spiro atoms. The molecule has 1 aromatic carbocycles. The third-order valence-corrected chi connectivity index (χ3v) is 4.59. The Bertz CT molecular complexity index is 528. The maximum absolute atomic E-state index is 11.7. The maximum Gasteiger partial charge on any atom is 0.218 e. The first kappa shape index (κ1) is 16.5. The minimum atomic E-state index is -0.683. The second kappa shape index (κ2) is 6.48. The first-order chi connectivity index (χ1) is 10.3. The Morgan fingerprint density at radius 1 is 1.14 bits per heavy atom. The van der Waals surface area contributed by atoms with Crippen LogP contribution in [0.15, 0.2) is 30.3 Å². The summed E-state index contributed by atoms with van der Waals surface area (Å²) in [5, 5.41) is 6.02. The molecule has 5 heteroatoms. The molecule has 5 nitrogen and oxygen atoms in total. The van der Waals surface area contributed by atoms with Crippen LogP contribution in [-0.4, -0.2) is 31.1 Å². The van der Waals surface area contributed by atoms with Gasteiger partial charge in [0.2, 0.25) is 11.8 Å². The van der Waals surface area contributed by atoms with Crippen molar-refractivity contribution in [1.29, 1.82) is 0 Å². The third kappa shape index (κ3) is 3.47. The molecule has 1 heterocycles. The zero-order valence-corrected chi connectivity index (χ0v) is 13.8. The van der Waals surface area contributed by atoms with Gasteiger partial charge in [-0.05, 0) is 0 Å². The Morgan fingerprint density at radius 2 is 1.68 bits per heavy atom. The summed E-state index contributed by atoms with van der Waals surface area (Å²) < 4.78 is 0. The van der Waals surface area contributed by atoms with E-state index >= 15 is 0 Å². The van der Waals surface area contributed by atoms with Gasteiger partial charge in [0.15, 0.2) is 0 Å². The molecular formula is C17H26N3O2+. The number of hydrogen-bond donors (Lipinski definition) is 3. The Hall–Kier alpha value is -1.88. The highest BCUT2D eigenvalue weighted by molar-refractivity contribution is 5.77. The van der Waals surface area contributed by atoms with Crippen molar-refractivity contribution >= 4 is 11.8 Å².